The van der Waals surface area contributed by atoms with Crippen LogP contribution in [0.15, 0.2) is 24.3 Å². The Labute approximate surface area is 121 Å². The molecule has 1 aromatic rings. The first-order chi connectivity index (χ1) is 9.51. The average Bonchev–Trinajstić information content (AvgIpc) is 3.19. The number of hydrogen-bond donors (Lipinski definition) is 1. The Balaban J connectivity index is 1.81. The molecular formula is C18H25NO. The Hall–Kier alpha value is -1.31. The Kier molecular flexibility index (Phi) is 3.35. The molecule has 2 N–H and O–H groups in total. The van der Waals surface area contributed by atoms with Crippen molar-refractivity contribution in [3.05, 3.63) is 29.8 Å². The summed E-state index contributed by atoms with van der Waals surface area (Å²) >= 11 is 0. The summed E-state index contributed by atoms with van der Waals surface area (Å²) < 4.78 is 0. The lowest BCUT2D eigenvalue weighted by molar-refractivity contribution is -0.127. The first-order valence-corrected chi connectivity index (χ1v) is 7.91. The molecule has 2 atom stereocenters. The van der Waals surface area contributed by atoms with Crippen LogP contribution >= 0.6 is 0 Å². The number of carbonyl (C=O) groups excluding carboxylic acids is 1. The largest absolute Gasteiger partial charge is 0.399 e. The Bertz CT molecular complexity index is 491. The molecule has 0 aromatic heterocycles. The van der Waals surface area contributed by atoms with Crippen molar-refractivity contribution < 1.29 is 4.79 Å². The molecule has 2 heteroatoms. The van der Waals surface area contributed by atoms with Crippen LogP contribution in [-0.4, -0.2) is 5.78 Å². The highest BCUT2D eigenvalue weighted by Crippen LogP contribution is 2.52. The van der Waals surface area contributed by atoms with E-state index in [2.05, 4.69) is 26.0 Å². The lowest BCUT2D eigenvalue weighted by Gasteiger charge is -2.33. The van der Waals surface area contributed by atoms with Crippen molar-refractivity contribution >= 4 is 11.5 Å². The minimum absolute atomic E-state index is 0.171. The number of hydrogen-bond acceptors (Lipinski definition) is 2. The van der Waals surface area contributed by atoms with Gasteiger partial charge in [-0.15, -0.1) is 0 Å². The number of ketones is 1. The van der Waals surface area contributed by atoms with Crippen LogP contribution in [0.4, 0.5) is 5.69 Å². The fraction of sp³-hybridized carbons (Fsp3) is 0.611. The molecule has 108 valence electrons. The Morgan fingerprint density at radius 2 is 1.60 bits per heavy atom. The molecule has 2 saturated carbocycles. The van der Waals surface area contributed by atoms with Gasteiger partial charge in [0.05, 0.1) is 5.41 Å². The number of nitrogen functional groups attached to an aromatic ring is 1. The van der Waals surface area contributed by atoms with Crippen LogP contribution in [0.5, 0.6) is 0 Å². The molecule has 0 spiro atoms. The van der Waals surface area contributed by atoms with Gasteiger partial charge in [-0.1, -0.05) is 26.0 Å². The monoisotopic (exact) mass is 271 g/mol. The van der Waals surface area contributed by atoms with E-state index >= 15 is 0 Å². The summed E-state index contributed by atoms with van der Waals surface area (Å²) in [6, 6.07) is 7.95. The van der Waals surface area contributed by atoms with Gasteiger partial charge in [-0.05, 0) is 61.6 Å². The van der Waals surface area contributed by atoms with E-state index in [0.717, 1.165) is 31.4 Å². The second-order valence-electron chi connectivity index (χ2n) is 7.18. The summed E-state index contributed by atoms with van der Waals surface area (Å²) in [6.45, 7) is 4.58. The highest BCUT2D eigenvalue weighted by atomic mass is 16.1. The van der Waals surface area contributed by atoms with Crippen LogP contribution in [0.25, 0.3) is 0 Å². The third kappa shape index (κ3) is 2.36. The molecule has 3 rings (SSSR count). The molecule has 0 saturated heterocycles. The summed E-state index contributed by atoms with van der Waals surface area (Å²) in [7, 11) is 0. The van der Waals surface area contributed by atoms with Crippen LogP contribution < -0.4 is 5.73 Å². The van der Waals surface area contributed by atoms with E-state index in [1.165, 1.54) is 12.0 Å². The normalized spacial score (nSPS) is 31.8. The van der Waals surface area contributed by atoms with Crippen molar-refractivity contribution in [2.45, 2.75) is 51.4 Å². The number of nitrogens with two attached hydrogens (primary N) is 1. The predicted molar refractivity (Wildman–Crippen MR) is 82.4 cm³/mol. The highest BCUT2D eigenvalue weighted by molar-refractivity contribution is 5.95. The number of Topliss-reactive ketones (excluding diaryl/α,β-unsaturated/α-hetero) is 1. The van der Waals surface area contributed by atoms with E-state index in [1.807, 2.05) is 12.1 Å². The minimum atomic E-state index is -0.171. The molecule has 2 nitrogen and oxygen atoms in total. The average molecular weight is 271 g/mol. The smallest absolute Gasteiger partial charge is 0.146 e. The quantitative estimate of drug-likeness (QED) is 0.846. The van der Waals surface area contributed by atoms with Crippen LogP contribution in [0.3, 0.4) is 0 Å². The number of rotatable bonds is 3. The van der Waals surface area contributed by atoms with Crippen molar-refractivity contribution in [1.82, 2.24) is 0 Å². The molecule has 2 aliphatic rings. The summed E-state index contributed by atoms with van der Waals surface area (Å²) in [5.74, 6) is 2.15. The second kappa shape index (κ2) is 4.91. The van der Waals surface area contributed by atoms with E-state index in [1.54, 1.807) is 0 Å². The third-order valence-electron chi connectivity index (χ3n) is 5.23. The zero-order valence-electron chi connectivity index (χ0n) is 12.6. The van der Waals surface area contributed by atoms with Gasteiger partial charge >= 0.3 is 0 Å². The van der Waals surface area contributed by atoms with Crippen LogP contribution in [0.2, 0.25) is 0 Å². The molecule has 0 amide bonds. The number of benzene rings is 1. The van der Waals surface area contributed by atoms with Gasteiger partial charge in [-0.2, -0.15) is 0 Å². The molecule has 0 radical (unpaired) electrons. The van der Waals surface area contributed by atoms with Crippen LogP contribution in [0.1, 0.15) is 51.5 Å². The van der Waals surface area contributed by atoms with Gasteiger partial charge in [0.25, 0.3) is 0 Å². The lowest BCUT2D eigenvalue weighted by Crippen LogP contribution is -2.33. The lowest BCUT2D eigenvalue weighted by atomic mass is 9.71. The molecule has 0 aliphatic heterocycles. The zero-order valence-corrected chi connectivity index (χ0v) is 12.6. The van der Waals surface area contributed by atoms with Gasteiger partial charge in [-0.3, -0.25) is 4.79 Å². The van der Waals surface area contributed by atoms with Crippen LogP contribution in [0, 0.1) is 17.8 Å². The van der Waals surface area contributed by atoms with Crippen LogP contribution in [-0.2, 0) is 10.2 Å². The summed E-state index contributed by atoms with van der Waals surface area (Å²) in [5, 5.41) is 0. The van der Waals surface area contributed by atoms with E-state index in [-0.39, 0.29) is 11.3 Å². The van der Waals surface area contributed by atoms with Crippen molar-refractivity contribution in [2.24, 2.45) is 17.8 Å². The molecule has 2 unspecified atom stereocenters. The molecule has 0 bridgehead atoms. The standard InChI is InChI=1S/C18H25NO/c1-12-9-13(2)11-14(10-12)17(20)18(7-8-18)15-3-5-16(19)6-4-15/h3-6,12-14H,7-11,19H2,1-2H3. The van der Waals surface area contributed by atoms with Gasteiger partial charge in [0.1, 0.15) is 5.78 Å². The van der Waals surface area contributed by atoms with E-state index in [4.69, 9.17) is 5.73 Å². The molecule has 0 heterocycles. The maximum Gasteiger partial charge on any atom is 0.146 e. The van der Waals surface area contributed by atoms with Crippen molar-refractivity contribution in [3.8, 4) is 0 Å². The molecule has 20 heavy (non-hydrogen) atoms. The number of anilines is 1. The second-order valence-corrected chi connectivity index (χ2v) is 7.18. The predicted octanol–water partition coefficient (Wildman–Crippen LogP) is 3.94. The van der Waals surface area contributed by atoms with E-state index < -0.39 is 0 Å². The molecule has 1 aromatic carbocycles. The summed E-state index contributed by atoms with van der Waals surface area (Å²) in [5.41, 5.74) is 7.55. The maximum atomic E-state index is 13.0. The summed E-state index contributed by atoms with van der Waals surface area (Å²) in [6.07, 6.45) is 5.49. The van der Waals surface area contributed by atoms with Gasteiger partial charge < -0.3 is 5.73 Å². The highest BCUT2D eigenvalue weighted by Gasteiger charge is 2.53. The first kappa shape index (κ1) is 13.7. The fourth-order valence-corrected chi connectivity index (χ4v) is 4.16. The van der Waals surface area contributed by atoms with E-state index in [9.17, 15) is 4.79 Å². The van der Waals surface area contributed by atoms with Gasteiger partial charge in [-0.25, -0.2) is 0 Å². The van der Waals surface area contributed by atoms with Gasteiger partial charge in [0.15, 0.2) is 0 Å². The van der Waals surface area contributed by atoms with E-state index in [0.29, 0.717) is 17.6 Å². The third-order valence-corrected chi connectivity index (χ3v) is 5.23. The molecule has 2 aliphatic carbocycles. The van der Waals surface area contributed by atoms with Crippen molar-refractivity contribution in [3.63, 3.8) is 0 Å². The summed E-state index contributed by atoms with van der Waals surface area (Å²) in [4.78, 5) is 13.0. The van der Waals surface area contributed by atoms with Gasteiger partial charge in [0, 0.05) is 11.6 Å². The SMILES string of the molecule is CC1CC(C)CC(C(=O)C2(c3ccc(N)cc3)CC2)C1. The number of carbonyl (C=O) groups is 1. The topological polar surface area (TPSA) is 43.1 Å². The zero-order chi connectivity index (χ0) is 14.3. The Morgan fingerprint density at radius 1 is 1.05 bits per heavy atom. The molecular weight excluding hydrogens is 246 g/mol. The van der Waals surface area contributed by atoms with Crippen molar-refractivity contribution in [1.29, 1.82) is 0 Å². The van der Waals surface area contributed by atoms with Crippen molar-refractivity contribution in [2.75, 3.05) is 5.73 Å². The maximum absolute atomic E-state index is 13.0. The van der Waals surface area contributed by atoms with Gasteiger partial charge in [0.2, 0.25) is 0 Å². The molecule has 2 fully saturated rings. The fourth-order valence-electron chi connectivity index (χ4n) is 4.16. The Morgan fingerprint density at radius 3 is 2.10 bits per heavy atom. The first-order valence-electron chi connectivity index (χ1n) is 7.91. The minimum Gasteiger partial charge on any atom is -0.399 e.